The Morgan fingerprint density at radius 1 is 0.833 bits per heavy atom. The van der Waals surface area contributed by atoms with Crippen LogP contribution in [0.4, 0.5) is 8.78 Å². The van der Waals surface area contributed by atoms with Crippen molar-refractivity contribution < 1.29 is 8.78 Å². The molecule has 2 aromatic rings. The van der Waals surface area contributed by atoms with Gasteiger partial charge in [0.25, 0.3) is 0 Å². The molecule has 2 heteroatoms. The molecule has 160 valence electrons. The standard InChI is InChI=1S/C28H34F2/c1-3-5-7-11-22-13-9-15-24(19-22)27-21-26(29)17-18-28(27,30)25-16-10-14-23(20-25)12-8-6-4-2/h9-10,13-17,19-21H,3-8,11-12,18H2,1-2H3. The van der Waals surface area contributed by atoms with Crippen LogP contribution in [0.3, 0.4) is 0 Å². The largest absolute Gasteiger partial charge is 0.233 e. The monoisotopic (exact) mass is 408 g/mol. The van der Waals surface area contributed by atoms with E-state index in [-0.39, 0.29) is 12.2 Å². The molecule has 1 aliphatic carbocycles. The highest BCUT2D eigenvalue weighted by Crippen LogP contribution is 2.47. The predicted octanol–water partition coefficient (Wildman–Crippen LogP) is 8.66. The van der Waals surface area contributed by atoms with E-state index in [9.17, 15) is 4.39 Å². The highest BCUT2D eigenvalue weighted by molar-refractivity contribution is 5.77. The molecule has 0 aromatic heterocycles. The fourth-order valence-electron chi connectivity index (χ4n) is 4.27. The Morgan fingerprint density at radius 2 is 1.47 bits per heavy atom. The molecule has 3 rings (SSSR count). The van der Waals surface area contributed by atoms with Crippen LogP contribution in [0.2, 0.25) is 0 Å². The fraction of sp³-hybridized carbons (Fsp3) is 0.429. The van der Waals surface area contributed by atoms with Gasteiger partial charge in [-0.3, -0.25) is 0 Å². The summed E-state index contributed by atoms with van der Waals surface area (Å²) < 4.78 is 30.8. The second kappa shape index (κ2) is 10.7. The number of unbranched alkanes of at least 4 members (excludes halogenated alkanes) is 4. The first-order valence-electron chi connectivity index (χ1n) is 11.5. The van der Waals surface area contributed by atoms with Crippen LogP contribution < -0.4 is 0 Å². The number of halogens is 2. The lowest BCUT2D eigenvalue weighted by Crippen LogP contribution is -2.24. The van der Waals surface area contributed by atoms with Gasteiger partial charge in [0.05, 0.1) is 0 Å². The smallest absolute Gasteiger partial charge is 0.165 e. The van der Waals surface area contributed by atoms with E-state index in [0.717, 1.165) is 43.2 Å². The molecule has 30 heavy (non-hydrogen) atoms. The SMILES string of the molecule is CCCCCc1cccc(C2=CC(F)=CCC2(F)c2cccc(CCCCC)c2)c1. The average Bonchev–Trinajstić information content (AvgIpc) is 2.76. The summed E-state index contributed by atoms with van der Waals surface area (Å²) >= 11 is 0. The topological polar surface area (TPSA) is 0 Å². The Labute approximate surface area is 180 Å². The van der Waals surface area contributed by atoms with E-state index in [1.54, 1.807) is 0 Å². The van der Waals surface area contributed by atoms with Gasteiger partial charge < -0.3 is 0 Å². The molecule has 0 heterocycles. The zero-order chi connectivity index (χ0) is 21.4. The van der Waals surface area contributed by atoms with Crippen molar-refractivity contribution >= 4 is 5.57 Å². The molecular weight excluding hydrogens is 374 g/mol. The van der Waals surface area contributed by atoms with E-state index in [2.05, 4.69) is 26.0 Å². The number of alkyl halides is 1. The van der Waals surface area contributed by atoms with Crippen LogP contribution in [0.1, 0.15) is 81.0 Å². The van der Waals surface area contributed by atoms with Gasteiger partial charge in [0.1, 0.15) is 5.83 Å². The van der Waals surface area contributed by atoms with Gasteiger partial charge in [-0.05, 0) is 60.1 Å². The third kappa shape index (κ3) is 5.47. The van der Waals surface area contributed by atoms with Crippen molar-refractivity contribution in [3.63, 3.8) is 0 Å². The lowest BCUT2D eigenvalue weighted by molar-refractivity contribution is 0.247. The third-order valence-electron chi connectivity index (χ3n) is 6.05. The number of rotatable bonds is 10. The number of aryl methyl sites for hydroxylation is 2. The Bertz CT molecular complexity index is 893. The van der Waals surface area contributed by atoms with Crippen LogP contribution in [-0.4, -0.2) is 0 Å². The van der Waals surface area contributed by atoms with Crippen molar-refractivity contribution in [2.75, 3.05) is 0 Å². The maximum absolute atomic E-state index is 16.6. The molecule has 0 bridgehead atoms. The van der Waals surface area contributed by atoms with E-state index in [0.29, 0.717) is 11.1 Å². The minimum Gasteiger partial charge on any atom is -0.233 e. The maximum Gasteiger partial charge on any atom is 0.165 e. The summed E-state index contributed by atoms with van der Waals surface area (Å²) in [5, 5.41) is 0. The van der Waals surface area contributed by atoms with Gasteiger partial charge in [0.15, 0.2) is 5.67 Å². The summed E-state index contributed by atoms with van der Waals surface area (Å²) in [6, 6.07) is 15.8. The molecular formula is C28H34F2. The number of benzene rings is 2. The van der Waals surface area contributed by atoms with Gasteiger partial charge in [-0.15, -0.1) is 0 Å². The first kappa shape index (κ1) is 22.5. The van der Waals surface area contributed by atoms with E-state index < -0.39 is 5.67 Å². The minimum absolute atomic E-state index is 0.0309. The van der Waals surface area contributed by atoms with E-state index in [1.807, 2.05) is 36.4 Å². The fourth-order valence-corrected chi connectivity index (χ4v) is 4.27. The Hall–Kier alpha value is -2.22. The zero-order valence-electron chi connectivity index (χ0n) is 18.4. The van der Waals surface area contributed by atoms with Crippen molar-refractivity contribution in [3.8, 4) is 0 Å². The van der Waals surface area contributed by atoms with Gasteiger partial charge >= 0.3 is 0 Å². The molecule has 0 spiro atoms. The molecule has 0 nitrogen and oxygen atoms in total. The molecule has 0 fully saturated rings. The van der Waals surface area contributed by atoms with Crippen molar-refractivity contribution in [3.05, 3.63) is 88.8 Å². The summed E-state index contributed by atoms with van der Waals surface area (Å²) in [4.78, 5) is 0. The molecule has 0 aliphatic heterocycles. The molecule has 0 amide bonds. The van der Waals surface area contributed by atoms with Gasteiger partial charge in [0, 0.05) is 12.0 Å². The van der Waals surface area contributed by atoms with Gasteiger partial charge in [0.2, 0.25) is 0 Å². The van der Waals surface area contributed by atoms with Gasteiger partial charge in [-0.1, -0.05) is 88.1 Å². The lowest BCUT2D eigenvalue weighted by Gasteiger charge is -2.31. The highest BCUT2D eigenvalue weighted by atomic mass is 19.1. The normalized spacial score (nSPS) is 18.8. The van der Waals surface area contributed by atoms with Crippen molar-refractivity contribution in [1.82, 2.24) is 0 Å². The summed E-state index contributed by atoms with van der Waals surface area (Å²) in [7, 11) is 0. The van der Waals surface area contributed by atoms with E-state index in [4.69, 9.17) is 0 Å². The minimum atomic E-state index is -1.71. The second-order valence-electron chi connectivity index (χ2n) is 8.47. The van der Waals surface area contributed by atoms with Crippen molar-refractivity contribution in [1.29, 1.82) is 0 Å². The number of hydrogen-bond acceptors (Lipinski definition) is 0. The molecule has 0 radical (unpaired) electrons. The van der Waals surface area contributed by atoms with Crippen LogP contribution in [0.15, 0.2) is 66.5 Å². The Morgan fingerprint density at radius 3 is 2.13 bits per heavy atom. The summed E-state index contributed by atoms with van der Waals surface area (Å²) in [5.74, 6) is -0.353. The quantitative estimate of drug-likeness (QED) is 0.345. The first-order chi connectivity index (χ1) is 14.6. The van der Waals surface area contributed by atoms with E-state index >= 15 is 4.39 Å². The zero-order valence-corrected chi connectivity index (χ0v) is 18.4. The van der Waals surface area contributed by atoms with Gasteiger partial charge in [-0.25, -0.2) is 8.78 Å². The summed E-state index contributed by atoms with van der Waals surface area (Å²) in [5.41, 5.74) is 2.48. The maximum atomic E-state index is 16.6. The molecule has 2 aromatic carbocycles. The molecule has 0 N–H and O–H groups in total. The first-order valence-corrected chi connectivity index (χ1v) is 11.5. The Balaban J connectivity index is 1.92. The molecule has 0 saturated heterocycles. The molecule has 1 atom stereocenters. The summed E-state index contributed by atoms with van der Waals surface area (Å²) in [6.45, 7) is 4.37. The summed E-state index contributed by atoms with van der Waals surface area (Å²) in [6.07, 6.45) is 11.6. The number of hydrogen-bond donors (Lipinski definition) is 0. The predicted molar refractivity (Wildman–Crippen MR) is 124 cm³/mol. The van der Waals surface area contributed by atoms with Crippen molar-refractivity contribution in [2.24, 2.45) is 0 Å². The molecule has 1 unspecified atom stereocenters. The van der Waals surface area contributed by atoms with Crippen LogP contribution in [0.5, 0.6) is 0 Å². The molecule has 0 saturated carbocycles. The van der Waals surface area contributed by atoms with E-state index in [1.165, 1.54) is 37.0 Å². The van der Waals surface area contributed by atoms with Crippen LogP contribution in [0, 0.1) is 0 Å². The van der Waals surface area contributed by atoms with Gasteiger partial charge in [-0.2, -0.15) is 0 Å². The average molecular weight is 409 g/mol. The van der Waals surface area contributed by atoms with Crippen LogP contribution in [0.25, 0.3) is 5.57 Å². The van der Waals surface area contributed by atoms with Crippen LogP contribution in [-0.2, 0) is 18.5 Å². The highest BCUT2D eigenvalue weighted by Gasteiger charge is 2.38. The number of allylic oxidation sites excluding steroid dienone is 4. The second-order valence-corrected chi connectivity index (χ2v) is 8.47. The van der Waals surface area contributed by atoms with Crippen LogP contribution >= 0.6 is 0 Å². The lowest BCUT2D eigenvalue weighted by atomic mass is 9.78. The molecule has 1 aliphatic rings. The van der Waals surface area contributed by atoms with Crippen molar-refractivity contribution in [2.45, 2.75) is 77.3 Å². The third-order valence-corrected chi connectivity index (χ3v) is 6.05. The Kier molecular flexibility index (Phi) is 8.01.